The maximum atomic E-state index is 11.1. The lowest BCUT2D eigenvalue weighted by molar-refractivity contribution is 0.752. The van der Waals surface area contributed by atoms with Crippen molar-refractivity contribution in [2.75, 3.05) is 6.26 Å². The van der Waals surface area contributed by atoms with Crippen LogP contribution >= 0.6 is 23.5 Å². The van der Waals surface area contributed by atoms with E-state index in [4.69, 9.17) is 0 Å². The van der Waals surface area contributed by atoms with Crippen molar-refractivity contribution in [3.63, 3.8) is 0 Å². The van der Waals surface area contributed by atoms with Crippen LogP contribution in [0.15, 0.2) is 4.79 Å². The fraction of sp³-hybridized carbons (Fsp3) is 0.667. The fourth-order valence-corrected chi connectivity index (χ4v) is 1.70. The number of nitrogens with zero attached hydrogens (tertiary/aromatic N) is 1. The Morgan fingerprint density at radius 1 is 1.64 bits per heavy atom. The van der Waals surface area contributed by atoms with Crippen LogP contribution in [0.3, 0.4) is 0 Å². The Bertz CT molecular complexity index is 289. The lowest BCUT2D eigenvalue weighted by Gasteiger charge is -2.16. The molecule has 0 aliphatic heterocycles. The van der Waals surface area contributed by atoms with Crippen LogP contribution in [0.1, 0.15) is 19.5 Å². The lowest BCUT2D eigenvalue weighted by Crippen LogP contribution is -2.21. The Balaban J connectivity index is 3.11. The molecule has 0 spiro atoms. The van der Waals surface area contributed by atoms with Gasteiger partial charge in [0.25, 0.3) is 5.56 Å². The zero-order valence-corrected chi connectivity index (χ0v) is 8.30. The maximum absolute atomic E-state index is 11.1. The number of hydrogen-bond donors (Lipinski definition) is 1. The second-order valence-corrected chi connectivity index (χ2v) is 4.67. The molecule has 11 heavy (non-hydrogen) atoms. The van der Waals surface area contributed by atoms with E-state index in [0.717, 1.165) is 11.7 Å². The molecule has 0 radical (unpaired) electrons. The van der Waals surface area contributed by atoms with Gasteiger partial charge in [-0.1, -0.05) is 0 Å². The normalized spacial score (nSPS) is 11.9. The van der Waals surface area contributed by atoms with Gasteiger partial charge >= 0.3 is 0 Å². The Morgan fingerprint density at radius 3 is 2.64 bits per heavy atom. The number of hydrogen-bond acceptors (Lipinski definition) is 4. The van der Waals surface area contributed by atoms with E-state index in [1.54, 1.807) is 11.8 Å². The molecule has 1 aromatic heterocycles. The summed E-state index contributed by atoms with van der Waals surface area (Å²) in [7, 11) is 0. The van der Waals surface area contributed by atoms with Gasteiger partial charge in [-0.25, -0.2) is 0 Å². The minimum Gasteiger partial charge on any atom is -0.266 e. The van der Waals surface area contributed by atoms with Crippen molar-refractivity contribution in [2.45, 2.75) is 18.6 Å². The Morgan fingerprint density at radius 2 is 2.27 bits per heavy atom. The first kappa shape index (κ1) is 8.80. The minimum atomic E-state index is -0.173. The largest absolute Gasteiger partial charge is 0.282 e. The second-order valence-electron chi connectivity index (χ2n) is 2.68. The average molecular weight is 190 g/mol. The quantitative estimate of drug-likeness (QED) is 0.767. The Hall–Kier alpha value is -0.290. The molecule has 0 atom stereocenters. The number of thioether (sulfide) groups is 1. The molecule has 5 heteroatoms. The van der Waals surface area contributed by atoms with Crippen molar-refractivity contribution >= 4 is 23.5 Å². The molecule has 0 saturated carbocycles. The maximum Gasteiger partial charge on any atom is 0.282 e. The minimum absolute atomic E-state index is 0.0608. The van der Waals surface area contributed by atoms with Gasteiger partial charge in [-0.15, -0.1) is 0 Å². The highest BCUT2D eigenvalue weighted by Crippen LogP contribution is 2.29. The van der Waals surface area contributed by atoms with Gasteiger partial charge in [0.05, 0.1) is 4.75 Å². The molecule has 62 valence electrons. The molecule has 0 fully saturated rings. The van der Waals surface area contributed by atoms with Crippen molar-refractivity contribution in [3.05, 3.63) is 16.0 Å². The number of aromatic amines is 1. The van der Waals surface area contributed by atoms with Gasteiger partial charge in [0, 0.05) is 11.7 Å². The molecule has 1 rings (SSSR count). The molecule has 0 amide bonds. The predicted molar refractivity (Wildman–Crippen MR) is 49.3 cm³/mol. The van der Waals surface area contributed by atoms with E-state index in [9.17, 15) is 4.79 Å². The van der Waals surface area contributed by atoms with Crippen LogP contribution in [0.5, 0.6) is 0 Å². The van der Waals surface area contributed by atoms with E-state index in [1.165, 1.54) is 0 Å². The van der Waals surface area contributed by atoms with Gasteiger partial charge in [-0.3, -0.25) is 9.17 Å². The third-order valence-corrected chi connectivity index (χ3v) is 3.34. The molecule has 3 nitrogen and oxygen atoms in total. The highest BCUT2D eigenvalue weighted by molar-refractivity contribution is 7.99. The molecule has 0 aliphatic rings. The van der Waals surface area contributed by atoms with Gasteiger partial charge in [0.2, 0.25) is 0 Å². The third kappa shape index (κ3) is 1.65. The van der Waals surface area contributed by atoms with Crippen LogP contribution in [0.25, 0.3) is 0 Å². The standard InChI is InChI=1S/C6H10N2OS2/c1-6(2,10-3)4-5(9)8-11-7-4/h1-3H3,(H,8,9). The van der Waals surface area contributed by atoms with Gasteiger partial charge in [-0.2, -0.15) is 16.1 Å². The van der Waals surface area contributed by atoms with Gasteiger partial charge in [0.15, 0.2) is 0 Å². The van der Waals surface area contributed by atoms with Gasteiger partial charge < -0.3 is 0 Å². The van der Waals surface area contributed by atoms with Crippen LogP contribution in [0.4, 0.5) is 0 Å². The summed E-state index contributed by atoms with van der Waals surface area (Å²) in [5.41, 5.74) is 0.560. The smallest absolute Gasteiger partial charge is 0.266 e. The van der Waals surface area contributed by atoms with Crippen LogP contribution in [-0.2, 0) is 4.75 Å². The molecule has 1 heterocycles. The molecule has 0 aliphatic carbocycles. The van der Waals surface area contributed by atoms with E-state index in [1.807, 2.05) is 20.1 Å². The zero-order valence-electron chi connectivity index (χ0n) is 6.67. The molecule has 0 bridgehead atoms. The van der Waals surface area contributed by atoms with Crippen molar-refractivity contribution < 1.29 is 0 Å². The molecule has 1 N–H and O–H groups in total. The summed E-state index contributed by atoms with van der Waals surface area (Å²) in [6.45, 7) is 3.98. The van der Waals surface area contributed by atoms with Crippen LogP contribution in [0.2, 0.25) is 0 Å². The predicted octanol–water partition coefficient (Wildman–Crippen LogP) is 1.43. The van der Waals surface area contributed by atoms with E-state index in [-0.39, 0.29) is 10.3 Å². The molecule has 0 aromatic carbocycles. The molecule has 1 aromatic rings. The first-order chi connectivity index (χ1) is 5.08. The fourth-order valence-electron chi connectivity index (χ4n) is 0.680. The van der Waals surface area contributed by atoms with E-state index < -0.39 is 0 Å². The van der Waals surface area contributed by atoms with Crippen molar-refractivity contribution in [2.24, 2.45) is 0 Å². The van der Waals surface area contributed by atoms with Crippen LogP contribution in [0, 0.1) is 0 Å². The summed E-state index contributed by atoms with van der Waals surface area (Å²) >= 11 is 2.73. The lowest BCUT2D eigenvalue weighted by atomic mass is 10.1. The summed E-state index contributed by atoms with van der Waals surface area (Å²) in [4.78, 5) is 11.1. The van der Waals surface area contributed by atoms with E-state index in [2.05, 4.69) is 8.75 Å². The molecule has 0 unspecified atom stereocenters. The monoisotopic (exact) mass is 190 g/mol. The number of rotatable bonds is 2. The number of aromatic nitrogens is 2. The summed E-state index contributed by atoms with van der Waals surface area (Å²) in [5, 5.41) is 0. The summed E-state index contributed by atoms with van der Waals surface area (Å²) in [5.74, 6) is 0. The zero-order chi connectivity index (χ0) is 8.48. The molecule has 0 saturated heterocycles. The third-order valence-electron chi connectivity index (χ3n) is 1.57. The summed E-state index contributed by atoms with van der Waals surface area (Å²) in [6.07, 6.45) is 1.97. The van der Waals surface area contributed by atoms with Gasteiger partial charge in [-0.05, 0) is 20.1 Å². The molecular weight excluding hydrogens is 180 g/mol. The van der Waals surface area contributed by atoms with Crippen molar-refractivity contribution in [1.82, 2.24) is 8.75 Å². The van der Waals surface area contributed by atoms with Gasteiger partial charge in [0.1, 0.15) is 5.69 Å². The summed E-state index contributed by atoms with van der Waals surface area (Å²) in [6, 6.07) is 0. The van der Waals surface area contributed by atoms with E-state index in [0.29, 0.717) is 5.69 Å². The van der Waals surface area contributed by atoms with E-state index >= 15 is 0 Å². The highest BCUT2D eigenvalue weighted by atomic mass is 32.2. The first-order valence-electron chi connectivity index (χ1n) is 3.18. The first-order valence-corrected chi connectivity index (χ1v) is 5.17. The summed E-state index contributed by atoms with van der Waals surface area (Å²) < 4.78 is 6.41. The highest BCUT2D eigenvalue weighted by Gasteiger charge is 2.24. The Labute approximate surface area is 73.5 Å². The van der Waals surface area contributed by atoms with Crippen LogP contribution < -0.4 is 5.56 Å². The van der Waals surface area contributed by atoms with Crippen molar-refractivity contribution in [3.8, 4) is 0 Å². The average Bonchev–Trinajstić information content (AvgIpc) is 2.36. The second kappa shape index (κ2) is 2.98. The SMILES string of the molecule is CSC(C)(C)c1ns[nH]c1=O. The topological polar surface area (TPSA) is 45.8 Å². The Kier molecular flexibility index (Phi) is 2.39. The van der Waals surface area contributed by atoms with Crippen molar-refractivity contribution in [1.29, 1.82) is 0 Å². The number of H-pyrrole nitrogens is 1. The molecular formula is C6H10N2OS2. The number of nitrogens with one attached hydrogen (secondary N) is 1. The van der Waals surface area contributed by atoms with Crippen LogP contribution in [-0.4, -0.2) is 15.0 Å².